The smallest absolute Gasteiger partial charge is 0.321 e. The second kappa shape index (κ2) is 10.4. The Hall–Kier alpha value is -2.85. The standard InChI is InChI=1S/C25H31BrN4O4S/c1-14-8-15(2)22(16(3)9-14)25(30(23(27)31)17(4)13-35-25)28-24(32)29(5)12-18-10-20(33-6)21(34-7)11-19(18)26/h8-11,13H,12H2,1-7H3,(H2,27,31)(H,28,32). The van der Waals surface area contributed by atoms with Crippen LogP contribution in [0.2, 0.25) is 0 Å². The van der Waals surface area contributed by atoms with Gasteiger partial charge in [-0.2, -0.15) is 0 Å². The number of ether oxygens (including phenoxy) is 2. The van der Waals surface area contributed by atoms with Crippen molar-refractivity contribution in [1.82, 2.24) is 15.1 Å². The summed E-state index contributed by atoms with van der Waals surface area (Å²) in [5.74, 6) is 1.15. The van der Waals surface area contributed by atoms with Crippen molar-refractivity contribution < 1.29 is 19.1 Å². The van der Waals surface area contributed by atoms with Gasteiger partial charge in [0.1, 0.15) is 0 Å². The molecular formula is C25H31BrN4O4S. The van der Waals surface area contributed by atoms with Gasteiger partial charge in [0.15, 0.2) is 11.5 Å². The maximum atomic E-state index is 13.6. The van der Waals surface area contributed by atoms with Crippen molar-refractivity contribution in [2.75, 3.05) is 21.3 Å². The molecule has 0 fully saturated rings. The van der Waals surface area contributed by atoms with Gasteiger partial charge in [-0.3, -0.25) is 4.90 Å². The minimum absolute atomic E-state index is 0.280. The predicted molar refractivity (Wildman–Crippen MR) is 142 cm³/mol. The number of nitrogens with two attached hydrogens (primary N) is 1. The monoisotopic (exact) mass is 562 g/mol. The molecule has 35 heavy (non-hydrogen) atoms. The number of carbonyl (C=O) groups excluding carboxylic acids is 2. The Bertz CT molecular complexity index is 1180. The lowest BCUT2D eigenvalue weighted by molar-refractivity contribution is 0.163. The SMILES string of the molecule is COc1cc(Br)c(CN(C)C(=O)NC2(c3c(C)cc(C)cc3C)SC=C(C)N2C(N)=O)cc1OC. The fourth-order valence-corrected chi connectivity index (χ4v) is 6.29. The Balaban J connectivity index is 1.99. The average Bonchev–Trinajstić information content (AvgIpc) is 3.10. The van der Waals surface area contributed by atoms with Crippen LogP contribution in [0.5, 0.6) is 11.5 Å². The van der Waals surface area contributed by atoms with E-state index in [1.807, 2.05) is 44.4 Å². The molecule has 0 radical (unpaired) electrons. The van der Waals surface area contributed by atoms with E-state index in [0.717, 1.165) is 32.3 Å². The predicted octanol–water partition coefficient (Wildman–Crippen LogP) is 5.33. The van der Waals surface area contributed by atoms with Gasteiger partial charge in [0, 0.05) is 29.3 Å². The van der Waals surface area contributed by atoms with Crippen LogP contribution in [0.15, 0.2) is 39.8 Å². The molecule has 0 bridgehead atoms. The largest absolute Gasteiger partial charge is 0.493 e. The molecule has 1 unspecified atom stereocenters. The summed E-state index contributed by atoms with van der Waals surface area (Å²) in [6.07, 6.45) is 0. The first-order valence-corrected chi connectivity index (χ1v) is 12.6. The highest BCUT2D eigenvalue weighted by Gasteiger charge is 2.49. The van der Waals surface area contributed by atoms with Crippen LogP contribution in [0, 0.1) is 20.8 Å². The van der Waals surface area contributed by atoms with Gasteiger partial charge < -0.3 is 25.4 Å². The van der Waals surface area contributed by atoms with Crippen LogP contribution >= 0.6 is 27.7 Å². The van der Waals surface area contributed by atoms with E-state index in [1.165, 1.54) is 16.7 Å². The number of urea groups is 2. The van der Waals surface area contributed by atoms with Gasteiger partial charge in [-0.25, -0.2) is 9.59 Å². The molecule has 4 amide bonds. The molecule has 1 aliphatic heterocycles. The number of primary amides is 1. The molecule has 3 rings (SSSR count). The third-order valence-corrected chi connectivity index (χ3v) is 7.91. The lowest BCUT2D eigenvalue weighted by atomic mass is 9.96. The molecule has 0 aliphatic carbocycles. The summed E-state index contributed by atoms with van der Waals surface area (Å²) in [5, 5.41) is 4.96. The number of allylic oxidation sites excluding steroid dienone is 1. The number of thioether (sulfide) groups is 1. The summed E-state index contributed by atoms with van der Waals surface area (Å²) < 4.78 is 11.5. The van der Waals surface area contributed by atoms with Crippen molar-refractivity contribution in [3.8, 4) is 11.5 Å². The van der Waals surface area contributed by atoms with Crippen molar-refractivity contribution in [2.45, 2.75) is 39.2 Å². The molecule has 1 aliphatic rings. The average molecular weight is 564 g/mol. The van der Waals surface area contributed by atoms with Crippen LogP contribution in [-0.2, 0) is 11.5 Å². The first kappa shape index (κ1) is 26.7. The van der Waals surface area contributed by atoms with Crippen molar-refractivity contribution in [1.29, 1.82) is 0 Å². The number of amides is 4. The number of halogens is 1. The fraction of sp³-hybridized carbons (Fsp3) is 0.360. The number of carbonyl (C=O) groups is 2. The molecule has 0 saturated carbocycles. The Kier molecular flexibility index (Phi) is 7.96. The molecule has 0 aromatic heterocycles. The minimum atomic E-state index is -1.21. The maximum absolute atomic E-state index is 13.6. The topological polar surface area (TPSA) is 97.1 Å². The highest BCUT2D eigenvalue weighted by Crippen LogP contribution is 2.48. The van der Waals surface area contributed by atoms with E-state index in [4.69, 9.17) is 15.2 Å². The highest BCUT2D eigenvalue weighted by atomic mass is 79.9. The lowest BCUT2D eigenvalue weighted by Crippen LogP contribution is -2.59. The van der Waals surface area contributed by atoms with Crippen molar-refractivity contribution >= 4 is 39.8 Å². The molecular weight excluding hydrogens is 532 g/mol. The maximum Gasteiger partial charge on any atom is 0.321 e. The number of hydrogen-bond acceptors (Lipinski definition) is 5. The molecule has 3 N–H and O–H groups in total. The van der Waals surface area contributed by atoms with Crippen molar-refractivity contribution in [2.24, 2.45) is 5.73 Å². The number of benzene rings is 2. The van der Waals surface area contributed by atoms with Gasteiger partial charge >= 0.3 is 12.1 Å². The highest BCUT2D eigenvalue weighted by molar-refractivity contribution is 9.10. The minimum Gasteiger partial charge on any atom is -0.493 e. The van der Waals surface area contributed by atoms with Crippen molar-refractivity contribution in [3.05, 3.63) is 67.7 Å². The molecule has 2 aromatic rings. The number of rotatable bonds is 6. The summed E-state index contributed by atoms with van der Waals surface area (Å²) in [4.78, 5) is 27.9. The Morgan fingerprint density at radius 3 is 2.20 bits per heavy atom. The summed E-state index contributed by atoms with van der Waals surface area (Å²) in [6.45, 7) is 8.04. The van der Waals surface area contributed by atoms with E-state index < -0.39 is 11.0 Å². The Morgan fingerprint density at radius 2 is 1.66 bits per heavy atom. The Morgan fingerprint density at radius 1 is 1.09 bits per heavy atom. The third kappa shape index (κ3) is 5.08. The number of nitrogens with one attached hydrogen (secondary N) is 1. The lowest BCUT2D eigenvalue weighted by Gasteiger charge is -2.41. The van der Waals surface area contributed by atoms with E-state index in [1.54, 1.807) is 39.2 Å². The van der Waals surface area contributed by atoms with Gasteiger partial charge in [0.2, 0.25) is 4.99 Å². The van der Waals surface area contributed by atoms with Crippen LogP contribution in [0.25, 0.3) is 0 Å². The van der Waals surface area contributed by atoms with E-state index in [9.17, 15) is 9.59 Å². The summed E-state index contributed by atoms with van der Waals surface area (Å²) in [5.41, 5.74) is 11.1. The van der Waals surface area contributed by atoms with Gasteiger partial charge in [0.25, 0.3) is 0 Å². The van der Waals surface area contributed by atoms with Crippen LogP contribution < -0.4 is 20.5 Å². The van der Waals surface area contributed by atoms with Crippen LogP contribution in [-0.4, -0.2) is 43.1 Å². The van der Waals surface area contributed by atoms with E-state index in [-0.39, 0.29) is 12.6 Å². The Labute approximate surface area is 218 Å². The van der Waals surface area contributed by atoms with E-state index in [2.05, 4.69) is 21.2 Å². The number of hydrogen-bond donors (Lipinski definition) is 2. The molecule has 1 heterocycles. The first-order chi connectivity index (χ1) is 16.4. The normalized spacial score (nSPS) is 17.1. The van der Waals surface area contributed by atoms with Gasteiger partial charge in [-0.05, 0) is 61.9 Å². The zero-order chi connectivity index (χ0) is 26.1. The zero-order valence-corrected chi connectivity index (χ0v) is 23.4. The van der Waals surface area contributed by atoms with Gasteiger partial charge in [-0.15, -0.1) is 0 Å². The van der Waals surface area contributed by atoms with E-state index >= 15 is 0 Å². The van der Waals surface area contributed by atoms with Gasteiger partial charge in [-0.1, -0.05) is 45.4 Å². The van der Waals surface area contributed by atoms with E-state index in [0.29, 0.717) is 17.2 Å². The number of nitrogens with zero attached hydrogens (tertiary/aromatic N) is 2. The second-order valence-corrected chi connectivity index (χ2v) is 10.5. The molecule has 0 saturated heterocycles. The first-order valence-electron chi connectivity index (χ1n) is 10.9. The van der Waals surface area contributed by atoms with Crippen LogP contribution in [0.3, 0.4) is 0 Å². The second-order valence-electron chi connectivity index (χ2n) is 8.55. The fourth-order valence-electron chi connectivity index (χ4n) is 4.47. The van der Waals surface area contributed by atoms with Gasteiger partial charge in [0.05, 0.1) is 14.2 Å². The quantitative estimate of drug-likeness (QED) is 0.495. The van der Waals surface area contributed by atoms with Crippen molar-refractivity contribution in [3.63, 3.8) is 0 Å². The van der Waals surface area contributed by atoms with Crippen LogP contribution in [0.4, 0.5) is 9.59 Å². The van der Waals surface area contributed by atoms with Crippen LogP contribution in [0.1, 0.15) is 34.7 Å². The molecule has 188 valence electrons. The summed E-state index contributed by atoms with van der Waals surface area (Å²) in [6, 6.07) is 6.68. The molecule has 10 heteroatoms. The number of methoxy groups -OCH3 is 2. The summed E-state index contributed by atoms with van der Waals surface area (Å²) >= 11 is 4.90. The number of aryl methyl sites for hydroxylation is 3. The molecule has 1 atom stereocenters. The summed E-state index contributed by atoms with van der Waals surface area (Å²) in [7, 11) is 4.82. The molecule has 8 nitrogen and oxygen atoms in total. The zero-order valence-electron chi connectivity index (χ0n) is 21.0. The third-order valence-electron chi connectivity index (χ3n) is 5.89. The molecule has 2 aromatic carbocycles. The molecule has 0 spiro atoms.